The second-order valence-corrected chi connectivity index (χ2v) is 12.4. The first-order valence-electron chi connectivity index (χ1n) is 10.7. The van der Waals surface area contributed by atoms with Gasteiger partial charge in [0, 0.05) is 43.8 Å². The summed E-state index contributed by atoms with van der Waals surface area (Å²) < 4.78 is 27.6. The lowest BCUT2D eigenvalue weighted by Crippen LogP contribution is -2.40. The summed E-state index contributed by atoms with van der Waals surface area (Å²) in [6.45, 7) is 4.27. The number of aryl methyl sites for hydroxylation is 1. The Morgan fingerprint density at radius 3 is 2.79 bits per heavy atom. The molecule has 1 aromatic carbocycles. The zero-order valence-corrected chi connectivity index (χ0v) is 21.9. The molecule has 182 valence electrons. The van der Waals surface area contributed by atoms with Crippen LogP contribution in [0.3, 0.4) is 0 Å². The lowest BCUT2D eigenvalue weighted by atomic mass is 10.1. The molecule has 8 nitrogen and oxygen atoms in total. The second-order valence-electron chi connectivity index (χ2n) is 8.16. The number of amides is 2. The number of pyridine rings is 1. The molecule has 2 amide bonds. The summed E-state index contributed by atoms with van der Waals surface area (Å²) >= 11 is 12.8. The van der Waals surface area contributed by atoms with E-state index in [4.69, 9.17) is 23.2 Å². The van der Waals surface area contributed by atoms with Crippen molar-refractivity contribution in [1.29, 1.82) is 0 Å². The van der Waals surface area contributed by atoms with Crippen molar-refractivity contribution in [2.24, 2.45) is 0 Å². The number of urea groups is 1. The van der Waals surface area contributed by atoms with Crippen molar-refractivity contribution in [2.75, 3.05) is 38.5 Å². The summed E-state index contributed by atoms with van der Waals surface area (Å²) in [6, 6.07) is 10.4. The first-order chi connectivity index (χ1) is 16.1. The predicted octanol–water partition coefficient (Wildman–Crippen LogP) is 4.43. The van der Waals surface area contributed by atoms with E-state index in [1.807, 2.05) is 37.3 Å². The van der Waals surface area contributed by atoms with Crippen molar-refractivity contribution in [3.63, 3.8) is 0 Å². The van der Waals surface area contributed by atoms with Gasteiger partial charge in [-0.15, -0.1) is 11.3 Å². The monoisotopic (exact) mass is 541 g/mol. The molecule has 1 unspecified atom stereocenters. The van der Waals surface area contributed by atoms with Crippen LogP contribution in [0, 0.1) is 6.92 Å². The maximum absolute atomic E-state index is 12.9. The third-order valence-corrected chi connectivity index (χ3v) is 10.0. The summed E-state index contributed by atoms with van der Waals surface area (Å²) in [5, 5.41) is 6.91. The standard InChI is InChI=1S/C22H25Cl2N5O3S2/c1-14-11-19(16-5-3-4-6-18(16)26-14)27-22(30)25-8-10-29-9-7-15(13-29)28(2)34(31,32)20-12-17(23)21(24)33-20/h3-6,11-12,15H,7-10,13H2,1-2H3,(H2,25,26,27,30). The van der Waals surface area contributed by atoms with E-state index in [0.717, 1.165) is 34.5 Å². The normalized spacial score (nSPS) is 16.9. The molecule has 2 aromatic heterocycles. The predicted molar refractivity (Wildman–Crippen MR) is 138 cm³/mol. The summed E-state index contributed by atoms with van der Waals surface area (Å²) in [4.78, 5) is 19.1. The van der Waals surface area contributed by atoms with Crippen LogP contribution >= 0.6 is 34.5 Å². The molecule has 1 atom stereocenters. The molecule has 1 aliphatic rings. The van der Waals surface area contributed by atoms with E-state index in [0.29, 0.717) is 31.7 Å². The first kappa shape index (κ1) is 25.2. The molecule has 0 radical (unpaired) electrons. The average molecular weight is 543 g/mol. The maximum Gasteiger partial charge on any atom is 0.319 e. The van der Waals surface area contributed by atoms with E-state index < -0.39 is 10.0 Å². The van der Waals surface area contributed by atoms with Gasteiger partial charge in [0.2, 0.25) is 0 Å². The summed E-state index contributed by atoms with van der Waals surface area (Å²) in [7, 11) is -2.09. The largest absolute Gasteiger partial charge is 0.337 e. The molecule has 3 heterocycles. The van der Waals surface area contributed by atoms with Gasteiger partial charge in [-0.2, -0.15) is 4.31 Å². The number of rotatable bonds is 7. The molecule has 2 N–H and O–H groups in total. The Labute approximate surface area is 212 Å². The lowest BCUT2D eigenvalue weighted by molar-refractivity contribution is 0.248. The highest BCUT2D eigenvalue weighted by Gasteiger charge is 2.34. The number of thiophene rings is 1. The number of carbonyl (C=O) groups is 1. The molecule has 34 heavy (non-hydrogen) atoms. The fraction of sp³-hybridized carbons (Fsp3) is 0.364. The molecule has 4 rings (SSSR count). The average Bonchev–Trinajstić information content (AvgIpc) is 3.40. The summed E-state index contributed by atoms with van der Waals surface area (Å²) in [6.07, 6.45) is 0.705. The molecule has 3 aromatic rings. The minimum absolute atomic E-state index is 0.140. The van der Waals surface area contributed by atoms with Gasteiger partial charge in [0.15, 0.2) is 0 Å². The van der Waals surface area contributed by atoms with Crippen molar-refractivity contribution in [1.82, 2.24) is 19.5 Å². The Kier molecular flexibility index (Phi) is 7.66. The Morgan fingerprint density at radius 2 is 2.06 bits per heavy atom. The topological polar surface area (TPSA) is 94.6 Å². The highest BCUT2D eigenvalue weighted by Crippen LogP contribution is 2.36. The number of fused-ring (bicyclic) bond motifs is 1. The fourth-order valence-electron chi connectivity index (χ4n) is 4.01. The molecule has 1 aliphatic heterocycles. The van der Waals surface area contributed by atoms with Gasteiger partial charge in [-0.05, 0) is 38.1 Å². The molecule has 0 spiro atoms. The van der Waals surface area contributed by atoms with Crippen molar-refractivity contribution in [2.45, 2.75) is 23.6 Å². The van der Waals surface area contributed by atoms with Crippen LogP contribution in [0.25, 0.3) is 10.9 Å². The van der Waals surface area contributed by atoms with E-state index in [-0.39, 0.29) is 25.6 Å². The Morgan fingerprint density at radius 1 is 1.29 bits per heavy atom. The number of halogens is 2. The van der Waals surface area contributed by atoms with Crippen LogP contribution in [0.5, 0.6) is 0 Å². The molecular weight excluding hydrogens is 517 g/mol. The molecule has 1 saturated heterocycles. The highest BCUT2D eigenvalue weighted by atomic mass is 35.5. The highest BCUT2D eigenvalue weighted by molar-refractivity contribution is 7.91. The minimum Gasteiger partial charge on any atom is -0.337 e. The minimum atomic E-state index is -3.67. The van der Waals surface area contributed by atoms with Crippen LogP contribution in [0.4, 0.5) is 10.5 Å². The van der Waals surface area contributed by atoms with Gasteiger partial charge in [0.1, 0.15) is 8.55 Å². The van der Waals surface area contributed by atoms with Gasteiger partial charge in [0.05, 0.1) is 16.2 Å². The van der Waals surface area contributed by atoms with Crippen LogP contribution in [0.15, 0.2) is 40.6 Å². The molecule has 12 heteroatoms. The number of sulfonamides is 1. The zero-order valence-electron chi connectivity index (χ0n) is 18.7. The number of anilines is 1. The quantitative estimate of drug-likeness (QED) is 0.461. The van der Waals surface area contributed by atoms with Gasteiger partial charge in [0.25, 0.3) is 10.0 Å². The van der Waals surface area contributed by atoms with E-state index in [1.165, 1.54) is 10.4 Å². The Balaban J connectivity index is 1.28. The summed E-state index contributed by atoms with van der Waals surface area (Å²) in [5.74, 6) is 0. The van der Waals surface area contributed by atoms with Crippen molar-refractivity contribution < 1.29 is 13.2 Å². The van der Waals surface area contributed by atoms with Crippen LogP contribution < -0.4 is 10.6 Å². The van der Waals surface area contributed by atoms with Crippen LogP contribution in [-0.2, 0) is 10.0 Å². The molecule has 0 bridgehead atoms. The first-order valence-corrected chi connectivity index (χ1v) is 13.7. The van der Waals surface area contributed by atoms with Gasteiger partial charge in [-0.1, -0.05) is 41.4 Å². The van der Waals surface area contributed by atoms with E-state index >= 15 is 0 Å². The number of nitrogens with one attached hydrogen (secondary N) is 2. The number of hydrogen-bond acceptors (Lipinski definition) is 6. The maximum atomic E-state index is 12.9. The summed E-state index contributed by atoms with van der Waals surface area (Å²) in [5.41, 5.74) is 2.36. The van der Waals surface area contributed by atoms with Crippen molar-refractivity contribution in [3.8, 4) is 0 Å². The molecule has 0 aliphatic carbocycles. The number of nitrogens with zero attached hydrogens (tertiary/aromatic N) is 3. The molecule has 1 fully saturated rings. The van der Waals surface area contributed by atoms with Gasteiger partial charge in [-0.3, -0.25) is 9.88 Å². The molecular formula is C22H25Cl2N5O3S2. The number of benzene rings is 1. The molecule has 0 saturated carbocycles. The van der Waals surface area contributed by atoms with Crippen molar-refractivity contribution >= 4 is 67.2 Å². The second kappa shape index (κ2) is 10.3. The number of likely N-dealkylation sites (tertiary alicyclic amines) is 1. The smallest absolute Gasteiger partial charge is 0.319 e. The number of aromatic nitrogens is 1. The van der Waals surface area contributed by atoms with Crippen LogP contribution in [0.2, 0.25) is 9.36 Å². The van der Waals surface area contributed by atoms with Gasteiger partial charge in [-0.25, -0.2) is 13.2 Å². The van der Waals surface area contributed by atoms with Crippen molar-refractivity contribution in [3.05, 3.63) is 51.5 Å². The van der Waals surface area contributed by atoms with Crippen LogP contribution in [-0.4, -0.2) is 67.9 Å². The number of carbonyl (C=O) groups excluding carboxylic acids is 1. The SMILES string of the molecule is Cc1cc(NC(=O)NCCN2CCC(N(C)S(=O)(=O)c3cc(Cl)c(Cl)s3)C2)c2ccccc2n1. The van der Waals surface area contributed by atoms with Gasteiger partial charge >= 0.3 is 6.03 Å². The van der Waals surface area contributed by atoms with E-state index in [1.54, 1.807) is 7.05 Å². The fourth-order valence-corrected chi connectivity index (χ4v) is 7.45. The van der Waals surface area contributed by atoms with Crippen LogP contribution in [0.1, 0.15) is 12.1 Å². The number of likely N-dealkylation sites (N-methyl/N-ethyl adjacent to an activating group) is 1. The van der Waals surface area contributed by atoms with E-state index in [9.17, 15) is 13.2 Å². The van der Waals surface area contributed by atoms with E-state index in [2.05, 4.69) is 20.5 Å². The Hall–Kier alpha value is -1.95. The third-order valence-electron chi connectivity index (χ3n) is 5.82. The van der Waals surface area contributed by atoms with Gasteiger partial charge < -0.3 is 10.6 Å². The lowest BCUT2D eigenvalue weighted by Gasteiger charge is -2.23. The zero-order chi connectivity index (χ0) is 24.5. The number of hydrogen-bond donors (Lipinski definition) is 2. The number of para-hydroxylation sites is 1. The third kappa shape index (κ3) is 5.48. The Bertz CT molecular complexity index is 1300.